The number of morpholine rings is 1. The zero-order chi connectivity index (χ0) is 23.2. The first kappa shape index (κ1) is 22.9. The molecule has 2 aliphatic rings. The number of hydrogen-bond acceptors (Lipinski definition) is 5. The second-order valence-electron chi connectivity index (χ2n) is 8.13. The average molecular weight is 451 g/mol. The van der Waals surface area contributed by atoms with E-state index < -0.39 is 29.3 Å². The van der Waals surface area contributed by atoms with Crippen LogP contribution in [0, 0.1) is 5.82 Å². The van der Waals surface area contributed by atoms with Gasteiger partial charge in [0.25, 0.3) is 5.91 Å². The molecule has 1 atom stereocenters. The Kier molecular flexibility index (Phi) is 7.32. The number of benzene rings is 2. The van der Waals surface area contributed by atoms with E-state index in [9.17, 15) is 19.1 Å². The van der Waals surface area contributed by atoms with Gasteiger partial charge in [0.2, 0.25) is 0 Å². The number of aliphatic hydroxyl groups is 1. The molecule has 0 aliphatic carbocycles. The van der Waals surface area contributed by atoms with Crippen molar-refractivity contribution in [3.8, 4) is 0 Å². The minimum absolute atomic E-state index is 0.0239. The number of carbonyl (C=O) groups is 2. The number of nitrogens with zero attached hydrogens (tertiary/aromatic N) is 2. The number of ketones is 1. The number of ether oxygens (including phenoxy) is 1. The first-order chi connectivity index (χ1) is 16.0. The first-order valence-corrected chi connectivity index (χ1v) is 11.1. The lowest BCUT2D eigenvalue weighted by atomic mass is 9.95. The van der Waals surface area contributed by atoms with E-state index in [4.69, 9.17) is 4.74 Å². The van der Waals surface area contributed by atoms with Crippen LogP contribution >= 0.6 is 0 Å². The summed E-state index contributed by atoms with van der Waals surface area (Å²) < 4.78 is 19.4. The van der Waals surface area contributed by atoms with Crippen LogP contribution in [-0.4, -0.2) is 66.0 Å². The van der Waals surface area contributed by atoms with E-state index in [0.717, 1.165) is 25.2 Å². The molecule has 1 saturated heterocycles. The van der Waals surface area contributed by atoms with Gasteiger partial charge in [-0.25, -0.2) is 4.39 Å². The maximum absolute atomic E-state index is 14.0. The number of aliphatic hydroxyl groups excluding tert-OH is 1. The van der Waals surface area contributed by atoms with Gasteiger partial charge in [0.15, 0.2) is 11.5 Å². The third-order valence-corrected chi connectivity index (χ3v) is 5.94. The van der Waals surface area contributed by atoms with Crippen molar-refractivity contribution >= 4 is 17.8 Å². The molecule has 6 nitrogen and oxygen atoms in total. The molecule has 0 radical (unpaired) electrons. The molecule has 0 spiro atoms. The second kappa shape index (κ2) is 10.6. The van der Waals surface area contributed by atoms with Crippen LogP contribution in [0.4, 0.5) is 4.39 Å². The average Bonchev–Trinajstić information content (AvgIpc) is 3.09. The number of hydrogen-bond donors (Lipinski definition) is 1. The van der Waals surface area contributed by atoms with Crippen LogP contribution in [0.3, 0.4) is 0 Å². The highest BCUT2D eigenvalue weighted by Gasteiger charge is 2.42. The summed E-state index contributed by atoms with van der Waals surface area (Å²) in [5.41, 5.74) is 1.25. The molecule has 1 fully saturated rings. The second-order valence-corrected chi connectivity index (χ2v) is 8.13. The molecule has 7 heteroatoms. The third kappa shape index (κ3) is 5.38. The van der Waals surface area contributed by atoms with E-state index in [0.29, 0.717) is 31.7 Å². The van der Waals surface area contributed by atoms with E-state index >= 15 is 0 Å². The van der Waals surface area contributed by atoms with Crippen molar-refractivity contribution in [3.05, 3.63) is 88.9 Å². The highest BCUT2D eigenvalue weighted by Crippen LogP contribution is 2.38. The predicted octanol–water partition coefficient (Wildman–Crippen LogP) is 3.53. The molecule has 4 rings (SSSR count). The Balaban J connectivity index is 1.57. The molecule has 0 unspecified atom stereocenters. The van der Waals surface area contributed by atoms with Crippen LogP contribution in [0.5, 0.6) is 0 Å². The van der Waals surface area contributed by atoms with Crippen molar-refractivity contribution in [2.75, 3.05) is 39.4 Å². The monoisotopic (exact) mass is 450 g/mol. The number of rotatable bonds is 8. The van der Waals surface area contributed by atoms with Crippen molar-refractivity contribution < 1.29 is 23.8 Å². The van der Waals surface area contributed by atoms with Crippen molar-refractivity contribution in [3.63, 3.8) is 0 Å². The molecule has 2 aromatic carbocycles. The summed E-state index contributed by atoms with van der Waals surface area (Å²) in [5, 5.41) is 10.7. The van der Waals surface area contributed by atoms with Crippen LogP contribution in [0.25, 0.3) is 6.08 Å². The van der Waals surface area contributed by atoms with Crippen LogP contribution in [0.15, 0.2) is 72.0 Å². The van der Waals surface area contributed by atoms with Crippen molar-refractivity contribution in [2.45, 2.75) is 12.5 Å². The van der Waals surface area contributed by atoms with Gasteiger partial charge in [0.1, 0.15) is 5.82 Å². The molecular weight excluding hydrogens is 423 g/mol. The lowest BCUT2D eigenvalue weighted by molar-refractivity contribution is -0.129. The maximum atomic E-state index is 14.0. The van der Waals surface area contributed by atoms with Crippen molar-refractivity contribution in [1.29, 1.82) is 0 Å². The fourth-order valence-electron chi connectivity index (χ4n) is 4.27. The predicted molar refractivity (Wildman–Crippen MR) is 123 cm³/mol. The Morgan fingerprint density at radius 3 is 2.58 bits per heavy atom. The molecule has 172 valence electrons. The van der Waals surface area contributed by atoms with Gasteiger partial charge >= 0.3 is 0 Å². The fraction of sp³-hybridized carbons (Fsp3) is 0.308. The minimum atomic E-state index is -0.842. The highest BCUT2D eigenvalue weighted by atomic mass is 19.1. The number of amides is 1. The zero-order valence-corrected chi connectivity index (χ0v) is 18.3. The molecule has 0 bridgehead atoms. The summed E-state index contributed by atoms with van der Waals surface area (Å²) in [6, 6.07) is 14.3. The van der Waals surface area contributed by atoms with E-state index in [1.807, 2.05) is 30.3 Å². The van der Waals surface area contributed by atoms with E-state index in [2.05, 4.69) is 4.90 Å². The van der Waals surface area contributed by atoms with Gasteiger partial charge in [-0.3, -0.25) is 14.5 Å². The Morgan fingerprint density at radius 1 is 1.09 bits per heavy atom. The Labute approximate surface area is 192 Å². The highest BCUT2D eigenvalue weighted by molar-refractivity contribution is 6.14. The van der Waals surface area contributed by atoms with Crippen molar-refractivity contribution in [2.24, 2.45) is 0 Å². The molecule has 1 N–H and O–H groups in total. The Bertz CT molecular complexity index is 1060. The van der Waals surface area contributed by atoms with Gasteiger partial charge in [0.05, 0.1) is 24.8 Å². The van der Waals surface area contributed by atoms with Gasteiger partial charge in [-0.2, -0.15) is 0 Å². The van der Waals surface area contributed by atoms with Crippen LogP contribution in [0.2, 0.25) is 0 Å². The van der Waals surface area contributed by atoms with Crippen LogP contribution in [-0.2, 0) is 14.3 Å². The normalized spacial score (nSPS) is 19.6. The quantitative estimate of drug-likeness (QED) is 0.623. The molecule has 33 heavy (non-hydrogen) atoms. The lowest BCUT2D eigenvalue weighted by Gasteiger charge is -2.29. The topological polar surface area (TPSA) is 70.1 Å². The maximum Gasteiger partial charge on any atom is 0.290 e. The largest absolute Gasteiger partial charge is 0.503 e. The lowest BCUT2D eigenvalue weighted by Crippen LogP contribution is -2.39. The summed E-state index contributed by atoms with van der Waals surface area (Å²) in [6.45, 7) is 4.13. The smallest absolute Gasteiger partial charge is 0.290 e. The molecule has 2 aromatic rings. The van der Waals surface area contributed by atoms with Crippen LogP contribution in [0.1, 0.15) is 23.6 Å². The standard InChI is InChI=1S/C26H27FN2O4/c27-21-9-4-8-20(18-21)24-23(22(30)11-10-19-6-2-1-3-7-19)25(31)26(32)29(24)13-5-12-28-14-16-33-17-15-28/h1-4,6-11,18,24,31H,5,12-17H2/b11-10+/t24-/m0/s1. The van der Waals surface area contributed by atoms with Gasteiger partial charge in [-0.15, -0.1) is 0 Å². The van der Waals surface area contributed by atoms with Gasteiger partial charge in [-0.1, -0.05) is 48.5 Å². The molecule has 2 heterocycles. The minimum Gasteiger partial charge on any atom is -0.503 e. The Hall–Kier alpha value is -3.29. The summed E-state index contributed by atoms with van der Waals surface area (Å²) in [7, 11) is 0. The summed E-state index contributed by atoms with van der Waals surface area (Å²) >= 11 is 0. The summed E-state index contributed by atoms with van der Waals surface area (Å²) in [5.74, 6) is -2.12. The fourth-order valence-corrected chi connectivity index (χ4v) is 4.27. The van der Waals surface area contributed by atoms with E-state index in [-0.39, 0.29) is 5.57 Å². The number of carbonyl (C=O) groups excluding carboxylic acids is 2. The third-order valence-electron chi connectivity index (χ3n) is 5.94. The van der Waals surface area contributed by atoms with Gasteiger partial charge in [-0.05, 0) is 35.8 Å². The molecular formula is C26H27FN2O4. The molecule has 2 aliphatic heterocycles. The van der Waals surface area contributed by atoms with Crippen LogP contribution < -0.4 is 0 Å². The van der Waals surface area contributed by atoms with Gasteiger partial charge < -0.3 is 14.7 Å². The van der Waals surface area contributed by atoms with Gasteiger partial charge in [0, 0.05) is 26.2 Å². The summed E-state index contributed by atoms with van der Waals surface area (Å²) in [4.78, 5) is 29.8. The molecule has 0 saturated carbocycles. The number of halogens is 1. The summed E-state index contributed by atoms with van der Waals surface area (Å²) in [6.07, 6.45) is 3.64. The van der Waals surface area contributed by atoms with E-state index in [1.54, 1.807) is 18.2 Å². The molecule has 0 aromatic heterocycles. The van der Waals surface area contributed by atoms with Crippen molar-refractivity contribution in [1.82, 2.24) is 9.80 Å². The zero-order valence-electron chi connectivity index (χ0n) is 18.3. The first-order valence-electron chi connectivity index (χ1n) is 11.1. The number of allylic oxidation sites excluding steroid dienone is 1. The Morgan fingerprint density at radius 2 is 1.85 bits per heavy atom. The SMILES string of the molecule is O=C(/C=C/c1ccccc1)C1=C(O)C(=O)N(CCCN2CCOCC2)[C@H]1c1cccc(F)c1. The molecule has 1 amide bonds. The van der Waals surface area contributed by atoms with E-state index in [1.165, 1.54) is 23.1 Å².